The number of nitrogens with zero attached hydrogens (tertiary/aromatic N) is 5. The first kappa shape index (κ1) is 19.5. The Bertz CT molecular complexity index is 924. The Morgan fingerprint density at radius 1 is 1.04 bits per heavy atom. The van der Waals surface area contributed by atoms with Gasteiger partial charge in [-0.15, -0.1) is 22.7 Å². The van der Waals surface area contributed by atoms with E-state index >= 15 is 0 Å². The summed E-state index contributed by atoms with van der Waals surface area (Å²) in [5.74, 6) is 2.11. The summed E-state index contributed by atoms with van der Waals surface area (Å²) in [6.07, 6.45) is 1.89. The summed E-state index contributed by atoms with van der Waals surface area (Å²) in [7, 11) is 0. The van der Waals surface area contributed by atoms with Crippen LogP contribution in [-0.4, -0.2) is 54.2 Å². The lowest BCUT2D eigenvalue weighted by Crippen LogP contribution is -3.10. The molecule has 0 aromatic carbocycles. The Balaban J connectivity index is 1.65. The quantitative estimate of drug-likeness (QED) is 0.668. The van der Waals surface area contributed by atoms with E-state index in [2.05, 4.69) is 47.9 Å². The van der Waals surface area contributed by atoms with Crippen molar-refractivity contribution in [3.8, 4) is 0 Å². The lowest BCUT2D eigenvalue weighted by molar-refractivity contribution is -0.910. The molecular formula is C20H29N6S2+. The van der Waals surface area contributed by atoms with Gasteiger partial charge in [-0.2, -0.15) is 0 Å². The molecule has 0 aliphatic carbocycles. The van der Waals surface area contributed by atoms with Gasteiger partial charge < -0.3 is 14.7 Å². The number of fused-ring (bicyclic) bond motifs is 1. The lowest BCUT2D eigenvalue weighted by atomic mass is 10.2. The molecular weight excluding hydrogens is 388 g/mol. The first-order valence-corrected chi connectivity index (χ1v) is 11.8. The average Bonchev–Trinajstić information content (AvgIpc) is 3.35. The molecule has 1 saturated heterocycles. The molecule has 0 amide bonds. The number of aromatic nitrogens is 3. The maximum atomic E-state index is 5.09. The summed E-state index contributed by atoms with van der Waals surface area (Å²) in [5, 5.41) is 4.43. The Morgan fingerprint density at radius 2 is 1.75 bits per heavy atom. The molecule has 3 aromatic rings. The predicted octanol–water partition coefficient (Wildman–Crippen LogP) is 2.52. The first-order chi connectivity index (χ1) is 13.6. The standard InChI is InChI=1S/C20H28N6S2/c1-5-24(6-2)13-16-22-18(17-14(3)15(4)28-19(17)23-16)25-8-10-26(11-9-25)20-21-7-12-27-20/h7,12H,5-6,8-11,13H2,1-4H3/p+1. The second kappa shape index (κ2) is 8.31. The minimum Gasteiger partial charge on any atom is -0.352 e. The number of rotatable bonds is 6. The zero-order valence-corrected chi connectivity index (χ0v) is 18.8. The van der Waals surface area contributed by atoms with Crippen molar-refractivity contribution in [2.24, 2.45) is 0 Å². The fourth-order valence-electron chi connectivity index (χ4n) is 3.78. The molecule has 1 fully saturated rings. The molecule has 0 unspecified atom stereocenters. The van der Waals surface area contributed by atoms with Crippen LogP contribution in [0.25, 0.3) is 10.2 Å². The molecule has 1 aliphatic heterocycles. The van der Waals surface area contributed by atoms with Gasteiger partial charge in [0, 0.05) is 42.6 Å². The number of hydrogen-bond acceptors (Lipinski definition) is 7. The molecule has 0 atom stereocenters. The van der Waals surface area contributed by atoms with Crippen molar-refractivity contribution < 1.29 is 4.90 Å². The van der Waals surface area contributed by atoms with Gasteiger partial charge in [-0.3, -0.25) is 0 Å². The van der Waals surface area contributed by atoms with Gasteiger partial charge in [-0.25, -0.2) is 15.0 Å². The summed E-state index contributed by atoms with van der Waals surface area (Å²) in [4.78, 5) is 23.3. The number of hydrogen-bond donors (Lipinski definition) is 1. The van der Waals surface area contributed by atoms with Gasteiger partial charge in [-0.1, -0.05) is 0 Å². The highest BCUT2D eigenvalue weighted by atomic mass is 32.1. The molecule has 0 spiro atoms. The van der Waals surface area contributed by atoms with Crippen molar-refractivity contribution in [3.63, 3.8) is 0 Å². The van der Waals surface area contributed by atoms with Crippen LogP contribution in [0.4, 0.5) is 10.9 Å². The normalized spacial score (nSPS) is 15.2. The van der Waals surface area contributed by atoms with Crippen molar-refractivity contribution in [1.29, 1.82) is 0 Å². The van der Waals surface area contributed by atoms with Crippen LogP contribution >= 0.6 is 22.7 Å². The Labute approximate surface area is 174 Å². The smallest absolute Gasteiger partial charge is 0.187 e. The number of quaternary nitrogens is 1. The Hall–Kier alpha value is -1.77. The third kappa shape index (κ3) is 3.73. The minimum absolute atomic E-state index is 0.894. The molecule has 1 N–H and O–H groups in total. The van der Waals surface area contributed by atoms with Crippen molar-refractivity contribution in [3.05, 3.63) is 27.8 Å². The van der Waals surface area contributed by atoms with E-state index in [1.807, 2.05) is 6.20 Å². The van der Waals surface area contributed by atoms with E-state index in [0.717, 1.165) is 67.4 Å². The van der Waals surface area contributed by atoms with E-state index in [9.17, 15) is 0 Å². The number of piperazine rings is 1. The molecule has 150 valence electrons. The van der Waals surface area contributed by atoms with Crippen molar-refractivity contribution >= 4 is 43.8 Å². The van der Waals surface area contributed by atoms with Crippen molar-refractivity contribution in [2.75, 3.05) is 49.1 Å². The third-order valence-electron chi connectivity index (χ3n) is 5.73. The molecule has 1 aliphatic rings. The van der Waals surface area contributed by atoms with E-state index in [-0.39, 0.29) is 0 Å². The molecule has 0 bridgehead atoms. The fraction of sp³-hybridized carbons (Fsp3) is 0.550. The Kier molecular flexibility index (Phi) is 5.80. The van der Waals surface area contributed by atoms with Gasteiger partial charge in [0.05, 0.1) is 18.5 Å². The van der Waals surface area contributed by atoms with Crippen LogP contribution in [0, 0.1) is 13.8 Å². The van der Waals surface area contributed by atoms with Crippen LogP contribution in [-0.2, 0) is 6.54 Å². The lowest BCUT2D eigenvalue weighted by Gasteiger charge is -2.35. The molecule has 4 rings (SSSR count). The first-order valence-electron chi connectivity index (χ1n) is 10.1. The largest absolute Gasteiger partial charge is 0.352 e. The number of nitrogens with one attached hydrogen (secondary N) is 1. The number of aryl methyl sites for hydroxylation is 2. The van der Waals surface area contributed by atoms with Crippen LogP contribution in [0.1, 0.15) is 30.1 Å². The van der Waals surface area contributed by atoms with E-state index in [1.54, 1.807) is 22.7 Å². The zero-order valence-electron chi connectivity index (χ0n) is 17.2. The van der Waals surface area contributed by atoms with E-state index in [1.165, 1.54) is 20.7 Å². The van der Waals surface area contributed by atoms with Gasteiger partial charge in [0.15, 0.2) is 11.0 Å². The summed E-state index contributed by atoms with van der Waals surface area (Å²) in [6.45, 7) is 15.9. The van der Waals surface area contributed by atoms with E-state index in [0.29, 0.717) is 0 Å². The van der Waals surface area contributed by atoms with E-state index < -0.39 is 0 Å². The second-order valence-electron chi connectivity index (χ2n) is 7.35. The maximum absolute atomic E-state index is 5.09. The van der Waals surface area contributed by atoms with Crippen molar-refractivity contribution in [1.82, 2.24) is 15.0 Å². The van der Waals surface area contributed by atoms with Crippen LogP contribution in [0.5, 0.6) is 0 Å². The van der Waals surface area contributed by atoms with Crippen LogP contribution in [0.2, 0.25) is 0 Å². The molecule has 0 saturated carbocycles. The second-order valence-corrected chi connectivity index (χ2v) is 9.43. The van der Waals surface area contributed by atoms with Gasteiger partial charge in [0.2, 0.25) is 0 Å². The number of thiazole rings is 1. The van der Waals surface area contributed by atoms with Crippen LogP contribution in [0.15, 0.2) is 11.6 Å². The minimum atomic E-state index is 0.894. The van der Waals surface area contributed by atoms with Crippen LogP contribution < -0.4 is 14.7 Å². The SMILES string of the molecule is CC[NH+](CC)Cc1nc(N2CCN(c3nccs3)CC2)c2c(C)c(C)sc2n1. The fourth-order valence-corrected chi connectivity index (χ4v) is 5.52. The Morgan fingerprint density at radius 3 is 2.39 bits per heavy atom. The van der Waals surface area contributed by atoms with Gasteiger partial charge in [-0.05, 0) is 33.3 Å². The molecule has 3 aromatic heterocycles. The highest BCUT2D eigenvalue weighted by molar-refractivity contribution is 7.18. The van der Waals surface area contributed by atoms with Crippen LogP contribution in [0.3, 0.4) is 0 Å². The van der Waals surface area contributed by atoms with E-state index in [4.69, 9.17) is 9.97 Å². The average molecular weight is 418 g/mol. The third-order valence-corrected chi connectivity index (χ3v) is 7.67. The van der Waals surface area contributed by atoms with Gasteiger partial charge in [0.25, 0.3) is 0 Å². The maximum Gasteiger partial charge on any atom is 0.187 e. The monoisotopic (exact) mass is 417 g/mol. The summed E-state index contributed by atoms with van der Waals surface area (Å²) in [6, 6.07) is 0. The molecule has 4 heterocycles. The molecule has 8 heteroatoms. The number of thiophene rings is 1. The highest BCUT2D eigenvalue weighted by Crippen LogP contribution is 2.35. The summed E-state index contributed by atoms with van der Waals surface area (Å²) in [5.41, 5.74) is 1.33. The van der Waals surface area contributed by atoms with Crippen molar-refractivity contribution in [2.45, 2.75) is 34.2 Å². The van der Waals surface area contributed by atoms with Gasteiger partial charge in [0.1, 0.15) is 17.2 Å². The predicted molar refractivity (Wildman–Crippen MR) is 119 cm³/mol. The molecule has 6 nitrogen and oxygen atoms in total. The molecule has 0 radical (unpaired) electrons. The summed E-state index contributed by atoms with van der Waals surface area (Å²) < 4.78 is 0. The molecule has 28 heavy (non-hydrogen) atoms. The number of anilines is 2. The topological polar surface area (TPSA) is 49.6 Å². The highest BCUT2D eigenvalue weighted by Gasteiger charge is 2.24. The zero-order chi connectivity index (χ0) is 19.7. The summed E-state index contributed by atoms with van der Waals surface area (Å²) >= 11 is 3.52. The van der Waals surface area contributed by atoms with Gasteiger partial charge >= 0.3 is 0 Å².